The summed E-state index contributed by atoms with van der Waals surface area (Å²) >= 11 is 0. The molecule has 2 rings (SSSR count). The maximum Gasteiger partial charge on any atom is 0.303 e. The van der Waals surface area contributed by atoms with Crippen molar-refractivity contribution in [3.05, 3.63) is 11.6 Å². The first-order valence-electron chi connectivity index (χ1n) is 6.80. The number of carboxylic acids is 1. The summed E-state index contributed by atoms with van der Waals surface area (Å²) in [6, 6.07) is 0.564. The van der Waals surface area contributed by atoms with Gasteiger partial charge in [-0.15, -0.1) is 10.2 Å². The minimum atomic E-state index is -0.719. The van der Waals surface area contributed by atoms with Crippen molar-refractivity contribution in [3.8, 4) is 0 Å². The van der Waals surface area contributed by atoms with Crippen LogP contribution in [0.1, 0.15) is 62.6 Å². The molecule has 0 aromatic carbocycles. The van der Waals surface area contributed by atoms with E-state index in [2.05, 4.69) is 14.8 Å². The third-order valence-corrected chi connectivity index (χ3v) is 3.67. The first-order valence-corrected chi connectivity index (χ1v) is 6.80. The number of carbonyl (C=O) groups is 1. The molecule has 1 aromatic rings. The molecule has 1 heterocycles. The van der Waals surface area contributed by atoms with Crippen LogP contribution in [-0.4, -0.2) is 25.8 Å². The van der Waals surface area contributed by atoms with E-state index >= 15 is 0 Å². The van der Waals surface area contributed by atoms with Gasteiger partial charge in [0.25, 0.3) is 0 Å². The van der Waals surface area contributed by atoms with Crippen molar-refractivity contribution >= 4 is 5.97 Å². The van der Waals surface area contributed by atoms with Gasteiger partial charge in [0.15, 0.2) is 0 Å². The lowest BCUT2D eigenvalue weighted by atomic mass is 10.1. The largest absolute Gasteiger partial charge is 0.481 e. The Hall–Kier alpha value is -1.39. The maximum absolute atomic E-state index is 10.5. The zero-order valence-corrected chi connectivity index (χ0v) is 10.9. The third-order valence-electron chi connectivity index (χ3n) is 3.67. The van der Waals surface area contributed by atoms with Crippen LogP contribution in [0.4, 0.5) is 0 Å². The van der Waals surface area contributed by atoms with Crippen molar-refractivity contribution in [3.63, 3.8) is 0 Å². The lowest BCUT2D eigenvalue weighted by molar-refractivity contribution is -0.137. The lowest BCUT2D eigenvalue weighted by Gasteiger charge is -2.15. The predicted octanol–water partition coefficient (Wildman–Crippen LogP) is 2.50. The van der Waals surface area contributed by atoms with Gasteiger partial charge in [0, 0.05) is 18.9 Å². The van der Waals surface area contributed by atoms with E-state index in [1.807, 2.05) is 6.92 Å². The van der Waals surface area contributed by atoms with Crippen LogP contribution in [0.2, 0.25) is 0 Å². The van der Waals surface area contributed by atoms with Crippen molar-refractivity contribution in [2.45, 2.75) is 64.3 Å². The summed E-state index contributed by atoms with van der Waals surface area (Å²) in [5.41, 5.74) is 0. The monoisotopic (exact) mass is 251 g/mol. The molecule has 100 valence electrons. The van der Waals surface area contributed by atoms with Crippen molar-refractivity contribution in [2.24, 2.45) is 0 Å². The summed E-state index contributed by atoms with van der Waals surface area (Å²) < 4.78 is 2.27. The average molecular weight is 251 g/mol. The fraction of sp³-hybridized carbons (Fsp3) is 0.769. The zero-order valence-electron chi connectivity index (χ0n) is 10.9. The number of rotatable bonds is 6. The molecule has 1 fully saturated rings. The van der Waals surface area contributed by atoms with E-state index in [0.717, 1.165) is 24.5 Å². The Balaban J connectivity index is 1.93. The highest BCUT2D eigenvalue weighted by Crippen LogP contribution is 2.31. The average Bonchev–Trinajstić information content (AvgIpc) is 2.93. The molecule has 0 atom stereocenters. The third kappa shape index (κ3) is 3.09. The minimum Gasteiger partial charge on any atom is -0.481 e. The molecular formula is C13H21N3O2. The smallest absolute Gasteiger partial charge is 0.303 e. The molecule has 5 nitrogen and oxygen atoms in total. The van der Waals surface area contributed by atoms with Crippen molar-refractivity contribution in [2.75, 3.05) is 0 Å². The van der Waals surface area contributed by atoms with Crippen LogP contribution in [0.15, 0.2) is 0 Å². The van der Waals surface area contributed by atoms with Crippen LogP contribution in [0.5, 0.6) is 0 Å². The fourth-order valence-corrected chi connectivity index (χ4v) is 2.78. The van der Waals surface area contributed by atoms with Gasteiger partial charge in [0.2, 0.25) is 0 Å². The molecule has 0 spiro atoms. The molecule has 0 aliphatic heterocycles. The standard InChI is InChI=1S/C13H21N3O2/c1-10-14-15-12(8-4-5-9-13(17)18)16(10)11-6-2-3-7-11/h11H,2-9H2,1H3,(H,17,18). The summed E-state index contributed by atoms with van der Waals surface area (Å²) in [7, 11) is 0. The summed E-state index contributed by atoms with van der Waals surface area (Å²) in [5.74, 6) is 1.31. The van der Waals surface area contributed by atoms with Crippen LogP contribution in [0.3, 0.4) is 0 Å². The Morgan fingerprint density at radius 3 is 2.72 bits per heavy atom. The number of aryl methyl sites for hydroxylation is 2. The second-order valence-electron chi connectivity index (χ2n) is 5.07. The molecule has 18 heavy (non-hydrogen) atoms. The van der Waals surface area contributed by atoms with E-state index in [9.17, 15) is 4.79 Å². The molecule has 0 bridgehead atoms. The number of carboxylic acid groups (broad SMARTS) is 1. The molecule has 5 heteroatoms. The molecule has 1 aliphatic rings. The highest BCUT2D eigenvalue weighted by atomic mass is 16.4. The number of aliphatic carboxylic acids is 1. The first kappa shape index (κ1) is 13.1. The Bertz CT molecular complexity index is 408. The van der Waals surface area contributed by atoms with Crippen molar-refractivity contribution < 1.29 is 9.90 Å². The van der Waals surface area contributed by atoms with Crippen molar-refractivity contribution in [1.82, 2.24) is 14.8 Å². The molecule has 1 aromatic heterocycles. The Morgan fingerprint density at radius 1 is 1.33 bits per heavy atom. The highest BCUT2D eigenvalue weighted by Gasteiger charge is 2.21. The molecule has 1 aliphatic carbocycles. The quantitative estimate of drug-likeness (QED) is 0.789. The number of nitrogens with zero attached hydrogens (tertiary/aromatic N) is 3. The van der Waals surface area contributed by atoms with Gasteiger partial charge in [-0.25, -0.2) is 0 Å². The fourth-order valence-electron chi connectivity index (χ4n) is 2.78. The van der Waals surface area contributed by atoms with Gasteiger partial charge >= 0.3 is 5.97 Å². The number of aromatic nitrogens is 3. The molecule has 0 saturated heterocycles. The van der Waals surface area contributed by atoms with Gasteiger partial charge in [-0.1, -0.05) is 12.8 Å². The van der Waals surface area contributed by atoms with Crippen LogP contribution in [0, 0.1) is 6.92 Å². The lowest BCUT2D eigenvalue weighted by Crippen LogP contribution is -2.11. The van der Waals surface area contributed by atoms with E-state index in [1.165, 1.54) is 25.7 Å². The minimum absolute atomic E-state index is 0.247. The van der Waals surface area contributed by atoms with Crippen molar-refractivity contribution in [1.29, 1.82) is 0 Å². The second kappa shape index (κ2) is 5.98. The first-order chi connectivity index (χ1) is 8.68. The van der Waals surface area contributed by atoms with Gasteiger partial charge < -0.3 is 9.67 Å². The number of hydrogen-bond donors (Lipinski definition) is 1. The van der Waals surface area contributed by atoms with E-state index in [4.69, 9.17) is 5.11 Å². The SMILES string of the molecule is Cc1nnc(CCCCC(=O)O)n1C1CCCC1. The normalized spacial score (nSPS) is 16.3. The van der Waals surface area contributed by atoms with Crippen LogP contribution in [-0.2, 0) is 11.2 Å². The van der Waals surface area contributed by atoms with Crippen LogP contribution < -0.4 is 0 Å². The summed E-state index contributed by atoms with van der Waals surface area (Å²) in [4.78, 5) is 10.5. The summed E-state index contributed by atoms with van der Waals surface area (Å²) in [6.07, 6.45) is 7.70. The number of hydrogen-bond acceptors (Lipinski definition) is 3. The topological polar surface area (TPSA) is 68.0 Å². The van der Waals surface area contributed by atoms with Crippen LogP contribution in [0.25, 0.3) is 0 Å². The maximum atomic E-state index is 10.5. The summed E-state index contributed by atoms with van der Waals surface area (Å²) in [5, 5.41) is 17.0. The summed E-state index contributed by atoms with van der Waals surface area (Å²) in [6.45, 7) is 2.01. The Kier molecular flexibility index (Phi) is 4.33. The van der Waals surface area contributed by atoms with E-state index in [1.54, 1.807) is 0 Å². The Labute approximate surface area is 107 Å². The van der Waals surface area contributed by atoms with Gasteiger partial charge in [-0.2, -0.15) is 0 Å². The molecule has 0 unspecified atom stereocenters. The van der Waals surface area contributed by atoms with Crippen LogP contribution >= 0.6 is 0 Å². The highest BCUT2D eigenvalue weighted by molar-refractivity contribution is 5.66. The van der Waals surface area contributed by atoms with E-state index in [-0.39, 0.29) is 6.42 Å². The second-order valence-corrected chi connectivity index (χ2v) is 5.07. The molecule has 1 saturated carbocycles. The van der Waals surface area contributed by atoms with E-state index < -0.39 is 5.97 Å². The molecule has 0 amide bonds. The molecular weight excluding hydrogens is 230 g/mol. The number of unbranched alkanes of at least 4 members (excludes halogenated alkanes) is 1. The molecule has 0 radical (unpaired) electrons. The van der Waals surface area contributed by atoms with Gasteiger partial charge in [0.1, 0.15) is 11.6 Å². The Morgan fingerprint density at radius 2 is 2.06 bits per heavy atom. The van der Waals surface area contributed by atoms with E-state index in [0.29, 0.717) is 12.5 Å². The predicted molar refractivity (Wildman–Crippen MR) is 67.5 cm³/mol. The van der Waals surface area contributed by atoms with Gasteiger partial charge in [-0.3, -0.25) is 4.79 Å². The van der Waals surface area contributed by atoms with Gasteiger partial charge in [-0.05, 0) is 32.6 Å². The molecule has 1 N–H and O–H groups in total. The zero-order chi connectivity index (χ0) is 13.0. The van der Waals surface area contributed by atoms with Gasteiger partial charge in [0.05, 0.1) is 0 Å².